The second kappa shape index (κ2) is 8.11. The lowest BCUT2D eigenvalue weighted by atomic mass is 10.2. The van der Waals surface area contributed by atoms with Crippen LogP contribution in [0.2, 0.25) is 0 Å². The number of ether oxygens (including phenoxy) is 2. The molecule has 0 heterocycles. The Hall–Kier alpha value is -1.06. The molecule has 1 aromatic carbocycles. The van der Waals surface area contributed by atoms with Crippen molar-refractivity contribution in [3.8, 4) is 0 Å². The molecule has 102 valence electrons. The van der Waals surface area contributed by atoms with Crippen LogP contribution in [0.15, 0.2) is 24.3 Å². The van der Waals surface area contributed by atoms with Crippen molar-refractivity contribution in [2.45, 2.75) is 34.0 Å². The number of nitrogens with zero attached hydrogens (tertiary/aromatic N) is 1. The summed E-state index contributed by atoms with van der Waals surface area (Å²) in [5, 5.41) is 0. The van der Waals surface area contributed by atoms with E-state index in [1.807, 2.05) is 13.8 Å². The Morgan fingerprint density at radius 3 is 2.28 bits per heavy atom. The molecule has 0 aliphatic carbocycles. The fourth-order valence-corrected chi connectivity index (χ4v) is 1.95. The van der Waals surface area contributed by atoms with E-state index < -0.39 is 0 Å². The first-order valence-electron chi connectivity index (χ1n) is 6.76. The van der Waals surface area contributed by atoms with Crippen LogP contribution < -0.4 is 4.90 Å². The van der Waals surface area contributed by atoms with Crippen LogP contribution in [0.3, 0.4) is 0 Å². The smallest absolute Gasteiger partial charge is 0.174 e. The van der Waals surface area contributed by atoms with Crippen molar-refractivity contribution in [2.24, 2.45) is 0 Å². The molecule has 0 radical (unpaired) electrons. The molecule has 0 spiro atoms. The van der Waals surface area contributed by atoms with E-state index in [0.717, 1.165) is 13.1 Å². The standard InChI is InChI=1S/C15H25NO2/c1-5-16(12-15(17-6-2)18-7-3)14-10-8-9-13(4)11-14/h8-11,15H,5-7,12H2,1-4H3. The number of rotatable bonds is 8. The molecule has 0 bridgehead atoms. The normalized spacial score (nSPS) is 10.9. The van der Waals surface area contributed by atoms with E-state index in [4.69, 9.17) is 9.47 Å². The maximum absolute atomic E-state index is 5.60. The SMILES string of the molecule is CCOC(CN(CC)c1cccc(C)c1)OCC. The molecule has 0 unspecified atom stereocenters. The van der Waals surface area contributed by atoms with Crippen molar-refractivity contribution in [2.75, 3.05) is 31.2 Å². The third-order valence-corrected chi connectivity index (χ3v) is 2.82. The molecule has 0 saturated heterocycles. The summed E-state index contributed by atoms with van der Waals surface area (Å²) in [6.07, 6.45) is -0.152. The van der Waals surface area contributed by atoms with Crippen molar-refractivity contribution < 1.29 is 9.47 Å². The third-order valence-electron chi connectivity index (χ3n) is 2.82. The molecule has 1 rings (SSSR count). The van der Waals surface area contributed by atoms with Crippen molar-refractivity contribution >= 4 is 5.69 Å². The van der Waals surface area contributed by atoms with Crippen LogP contribution in [0, 0.1) is 6.92 Å². The molecule has 1 aromatic rings. The summed E-state index contributed by atoms with van der Waals surface area (Å²) >= 11 is 0. The average molecular weight is 251 g/mol. The molecule has 0 saturated carbocycles. The van der Waals surface area contributed by atoms with E-state index in [-0.39, 0.29) is 6.29 Å². The number of benzene rings is 1. The molecular weight excluding hydrogens is 226 g/mol. The zero-order valence-corrected chi connectivity index (χ0v) is 12.0. The first kappa shape index (κ1) is 15.0. The molecule has 0 aliphatic heterocycles. The highest BCUT2D eigenvalue weighted by molar-refractivity contribution is 5.48. The fourth-order valence-electron chi connectivity index (χ4n) is 1.95. The van der Waals surface area contributed by atoms with E-state index in [1.54, 1.807) is 0 Å². The molecule has 0 aliphatic rings. The minimum atomic E-state index is -0.152. The molecule has 3 heteroatoms. The zero-order chi connectivity index (χ0) is 13.4. The number of anilines is 1. The van der Waals surface area contributed by atoms with Gasteiger partial charge >= 0.3 is 0 Å². The highest BCUT2D eigenvalue weighted by Gasteiger charge is 2.13. The van der Waals surface area contributed by atoms with Gasteiger partial charge in [-0.1, -0.05) is 12.1 Å². The summed E-state index contributed by atoms with van der Waals surface area (Å²) in [5.74, 6) is 0. The van der Waals surface area contributed by atoms with Gasteiger partial charge in [0, 0.05) is 25.4 Å². The van der Waals surface area contributed by atoms with E-state index in [9.17, 15) is 0 Å². The van der Waals surface area contributed by atoms with Crippen molar-refractivity contribution in [1.29, 1.82) is 0 Å². The number of aryl methyl sites for hydroxylation is 1. The number of hydrogen-bond acceptors (Lipinski definition) is 3. The summed E-state index contributed by atoms with van der Waals surface area (Å²) in [4.78, 5) is 2.28. The van der Waals surface area contributed by atoms with Gasteiger partial charge in [0.05, 0.1) is 6.54 Å². The van der Waals surface area contributed by atoms with E-state index in [1.165, 1.54) is 11.3 Å². The predicted octanol–water partition coefficient (Wildman–Crippen LogP) is 3.22. The van der Waals surface area contributed by atoms with Crippen LogP contribution in [0.4, 0.5) is 5.69 Å². The maximum Gasteiger partial charge on any atom is 0.174 e. The Kier molecular flexibility index (Phi) is 6.76. The summed E-state index contributed by atoms with van der Waals surface area (Å²) < 4.78 is 11.2. The quantitative estimate of drug-likeness (QED) is 0.662. The first-order valence-corrected chi connectivity index (χ1v) is 6.76. The molecule has 0 aromatic heterocycles. The zero-order valence-electron chi connectivity index (χ0n) is 12.0. The van der Waals surface area contributed by atoms with Gasteiger partial charge in [0.1, 0.15) is 0 Å². The predicted molar refractivity (Wildman–Crippen MR) is 76.1 cm³/mol. The van der Waals surface area contributed by atoms with Gasteiger partial charge < -0.3 is 14.4 Å². The van der Waals surface area contributed by atoms with Gasteiger partial charge in [-0.3, -0.25) is 0 Å². The summed E-state index contributed by atoms with van der Waals surface area (Å²) in [6, 6.07) is 8.52. The van der Waals surface area contributed by atoms with Crippen LogP contribution in [0.5, 0.6) is 0 Å². The van der Waals surface area contributed by atoms with Gasteiger partial charge in [-0.25, -0.2) is 0 Å². The average Bonchev–Trinajstić information content (AvgIpc) is 2.36. The Morgan fingerprint density at radius 2 is 1.78 bits per heavy atom. The van der Waals surface area contributed by atoms with Gasteiger partial charge in [-0.15, -0.1) is 0 Å². The molecule has 0 fully saturated rings. The highest BCUT2D eigenvalue weighted by atomic mass is 16.7. The molecule has 3 nitrogen and oxygen atoms in total. The monoisotopic (exact) mass is 251 g/mol. The molecule has 0 N–H and O–H groups in total. The van der Waals surface area contributed by atoms with Gasteiger partial charge in [0.25, 0.3) is 0 Å². The molecule has 0 amide bonds. The lowest BCUT2D eigenvalue weighted by molar-refractivity contribution is -0.129. The Morgan fingerprint density at radius 1 is 1.11 bits per heavy atom. The van der Waals surface area contributed by atoms with Gasteiger partial charge in [0.15, 0.2) is 6.29 Å². The minimum Gasteiger partial charge on any atom is -0.367 e. The van der Waals surface area contributed by atoms with E-state index >= 15 is 0 Å². The Labute approximate surface area is 111 Å². The van der Waals surface area contributed by atoms with E-state index in [2.05, 4.69) is 43.0 Å². The number of likely N-dealkylation sites (N-methyl/N-ethyl adjacent to an activating group) is 1. The van der Waals surface area contributed by atoms with Crippen LogP contribution >= 0.6 is 0 Å². The van der Waals surface area contributed by atoms with Crippen LogP contribution in [0.1, 0.15) is 26.3 Å². The summed E-state index contributed by atoms with van der Waals surface area (Å²) in [5.41, 5.74) is 2.50. The lowest BCUT2D eigenvalue weighted by Crippen LogP contribution is -2.35. The fraction of sp³-hybridized carbons (Fsp3) is 0.600. The van der Waals surface area contributed by atoms with Crippen LogP contribution in [-0.4, -0.2) is 32.6 Å². The second-order valence-corrected chi connectivity index (χ2v) is 4.22. The first-order chi connectivity index (χ1) is 8.71. The summed E-state index contributed by atoms with van der Waals surface area (Å²) in [6.45, 7) is 11.3. The van der Waals surface area contributed by atoms with Crippen LogP contribution in [-0.2, 0) is 9.47 Å². The van der Waals surface area contributed by atoms with Crippen molar-refractivity contribution in [3.63, 3.8) is 0 Å². The highest BCUT2D eigenvalue weighted by Crippen LogP contribution is 2.16. The van der Waals surface area contributed by atoms with Gasteiger partial charge in [0.2, 0.25) is 0 Å². The Balaban J connectivity index is 2.70. The maximum atomic E-state index is 5.60. The largest absolute Gasteiger partial charge is 0.367 e. The lowest BCUT2D eigenvalue weighted by Gasteiger charge is -2.28. The van der Waals surface area contributed by atoms with Gasteiger partial charge in [-0.2, -0.15) is 0 Å². The van der Waals surface area contributed by atoms with Gasteiger partial charge in [-0.05, 0) is 45.4 Å². The third kappa shape index (κ3) is 4.67. The molecule has 18 heavy (non-hydrogen) atoms. The van der Waals surface area contributed by atoms with Crippen LogP contribution in [0.25, 0.3) is 0 Å². The molecule has 0 atom stereocenters. The van der Waals surface area contributed by atoms with E-state index in [0.29, 0.717) is 13.2 Å². The van der Waals surface area contributed by atoms with Crippen molar-refractivity contribution in [1.82, 2.24) is 0 Å². The Bertz CT molecular complexity index is 335. The number of hydrogen-bond donors (Lipinski definition) is 0. The summed E-state index contributed by atoms with van der Waals surface area (Å²) in [7, 11) is 0. The molecular formula is C15H25NO2. The topological polar surface area (TPSA) is 21.7 Å². The van der Waals surface area contributed by atoms with Crippen molar-refractivity contribution in [3.05, 3.63) is 29.8 Å². The second-order valence-electron chi connectivity index (χ2n) is 4.22. The minimum absolute atomic E-state index is 0.152.